The Bertz CT molecular complexity index is 1470. The summed E-state index contributed by atoms with van der Waals surface area (Å²) in [5.41, 5.74) is 3.71. The van der Waals surface area contributed by atoms with Gasteiger partial charge in [0, 0.05) is 34.2 Å². The number of nitrogens with one attached hydrogen (secondary N) is 3. The van der Waals surface area contributed by atoms with E-state index in [0.717, 1.165) is 27.8 Å². The number of fused-ring (bicyclic) bond motifs is 2. The van der Waals surface area contributed by atoms with Gasteiger partial charge < -0.3 is 25.1 Å². The van der Waals surface area contributed by atoms with Crippen molar-refractivity contribution in [2.45, 2.75) is 6.42 Å². The van der Waals surface area contributed by atoms with Gasteiger partial charge in [-0.2, -0.15) is 0 Å². The number of carbonyl (C=O) groups is 2. The zero-order valence-corrected chi connectivity index (χ0v) is 19.6. The van der Waals surface area contributed by atoms with Crippen molar-refractivity contribution >= 4 is 46.1 Å². The Balaban J connectivity index is 1.25. The van der Waals surface area contributed by atoms with Gasteiger partial charge in [0.15, 0.2) is 11.5 Å². The van der Waals surface area contributed by atoms with Crippen LogP contribution in [0.4, 0.5) is 5.69 Å². The first-order valence-electron chi connectivity index (χ1n) is 11.0. The quantitative estimate of drug-likeness (QED) is 0.327. The molecule has 35 heavy (non-hydrogen) atoms. The number of rotatable bonds is 6. The summed E-state index contributed by atoms with van der Waals surface area (Å²) in [5, 5.41) is 7.35. The van der Waals surface area contributed by atoms with Crippen molar-refractivity contribution in [1.82, 2.24) is 10.3 Å². The molecule has 2 heterocycles. The maximum atomic E-state index is 12.7. The van der Waals surface area contributed by atoms with E-state index in [1.54, 1.807) is 49.6 Å². The van der Waals surface area contributed by atoms with Gasteiger partial charge in [-0.1, -0.05) is 23.7 Å². The summed E-state index contributed by atoms with van der Waals surface area (Å²) in [6.45, 7) is 0.454. The molecule has 4 aromatic rings. The number of benzene rings is 3. The number of H-pyrrole nitrogens is 1. The van der Waals surface area contributed by atoms with Crippen LogP contribution in [-0.4, -0.2) is 30.5 Å². The van der Waals surface area contributed by atoms with Crippen LogP contribution in [0.25, 0.3) is 17.0 Å². The second kappa shape index (κ2) is 9.56. The highest BCUT2D eigenvalue weighted by Crippen LogP contribution is 2.32. The molecule has 0 spiro atoms. The predicted molar refractivity (Wildman–Crippen MR) is 136 cm³/mol. The number of anilines is 1. The van der Waals surface area contributed by atoms with E-state index in [-0.39, 0.29) is 11.7 Å². The summed E-state index contributed by atoms with van der Waals surface area (Å²) in [6.07, 6.45) is 4.21. The fourth-order valence-electron chi connectivity index (χ4n) is 3.95. The van der Waals surface area contributed by atoms with E-state index in [1.165, 1.54) is 0 Å². The molecule has 8 heteroatoms. The highest BCUT2D eigenvalue weighted by atomic mass is 35.5. The van der Waals surface area contributed by atoms with Gasteiger partial charge in [0.25, 0.3) is 11.8 Å². The van der Waals surface area contributed by atoms with E-state index in [0.29, 0.717) is 35.0 Å². The molecule has 1 aliphatic rings. The van der Waals surface area contributed by atoms with Crippen molar-refractivity contribution in [3.8, 4) is 11.5 Å². The third-order valence-electron chi connectivity index (χ3n) is 5.73. The zero-order chi connectivity index (χ0) is 24.4. The summed E-state index contributed by atoms with van der Waals surface area (Å²) in [4.78, 5) is 28.5. The number of aromatic nitrogens is 1. The summed E-state index contributed by atoms with van der Waals surface area (Å²) in [5.74, 6) is 0.755. The van der Waals surface area contributed by atoms with E-state index in [4.69, 9.17) is 21.1 Å². The fourth-order valence-corrected chi connectivity index (χ4v) is 4.15. The van der Waals surface area contributed by atoms with Gasteiger partial charge in [0.1, 0.15) is 5.75 Å². The largest absolute Gasteiger partial charge is 0.497 e. The Hall–Kier alpha value is -4.23. The summed E-state index contributed by atoms with van der Waals surface area (Å²) >= 11 is 6.02. The Morgan fingerprint density at radius 1 is 1.14 bits per heavy atom. The highest BCUT2D eigenvalue weighted by molar-refractivity contribution is 6.30. The van der Waals surface area contributed by atoms with Crippen LogP contribution >= 0.6 is 11.6 Å². The number of carbonyl (C=O) groups excluding carboxylic acids is 2. The van der Waals surface area contributed by atoms with Gasteiger partial charge in [0.05, 0.1) is 12.8 Å². The molecule has 2 amide bonds. The Labute approximate surface area is 206 Å². The van der Waals surface area contributed by atoms with Gasteiger partial charge >= 0.3 is 0 Å². The summed E-state index contributed by atoms with van der Waals surface area (Å²) in [6, 6.07) is 17.9. The maximum absolute atomic E-state index is 12.7. The molecule has 3 aromatic carbocycles. The number of amides is 2. The van der Waals surface area contributed by atoms with Crippen LogP contribution in [0.2, 0.25) is 5.02 Å². The van der Waals surface area contributed by atoms with E-state index in [9.17, 15) is 9.59 Å². The number of ether oxygens (including phenoxy) is 2. The monoisotopic (exact) mass is 487 g/mol. The molecule has 0 aliphatic carbocycles. The first-order chi connectivity index (χ1) is 17.0. The molecule has 0 atom stereocenters. The lowest BCUT2D eigenvalue weighted by Gasteiger charge is -2.20. The normalized spacial score (nSPS) is 13.8. The van der Waals surface area contributed by atoms with Crippen LogP contribution in [0.15, 0.2) is 72.6 Å². The van der Waals surface area contributed by atoms with E-state index < -0.39 is 5.91 Å². The predicted octanol–water partition coefficient (Wildman–Crippen LogP) is 5.17. The molecule has 1 aliphatic heterocycles. The lowest BCUT2D eigenvalue weighted by molar-refractivity contribution is -0.115. The van der Waals surface area contributed by atoms with Crippen LogP contribution in [0.3, 0.4) is 0 Å². The van der Waals surface area contributed by atoms with Gasteiger partial charge in [-0.15, -0.1) is 0 Å². The SMILES string of the molecule is COc1ccc2[nH]cc(CCNC(=O)c3ccc4c(c3)NC(=O)/C(=C/c3cccc(Cl)c3)O4)c2c1. The van der Waals surface area contributed by atoms with Gasteiger partial charge in [-0.3, -0.25) is 9.59 Å². The van der Waals surface area contributed by atoms with Gasteiger partial charge in [-0.05, 0) is 72.2 Å². The fraction of sp³-hybridized carbons (Fsp3) is 0.111. The number of halogens is 1. The zero-order valence-electron chi connectivity index (χ0n) is 18.9. The number of aromatic amines is 1. The van der Waals surface area contributed by atoms with Crippen LogP contribution in [-0.2, 0) is 11.2 Å². The van der Waals surface area contributed by atoms with Crippen molar-refractivity contribution in [2.24, 2.45) is 0 Å². The lowest BCUT2D eigenvalue weighted by atomic mass is 10.1. The van der Waals surface area contributed by atoms with E-state index in [2.05, 4.69) is 15.6 Å². The first kappa shape index (κ1) is 22.6. The van der Waals surface area contributed by atoms with Crippen molar-refractivity contribution in [3.05, 3.63) is 94.3 Å². The van der Waals surface area contributed by atoms with Crippen molar-refractivity contribution < 1.29 is 19.1 Å². The minimum absolute atomic E-state index is 0.146. The lowest BCUT2D eigenvalue weighted by Crippen LogP contribution is -2.27. The molecule has 1 aromatic heterocycles. The average molecular weight is 488 g/mol. The highest BCUT2D eigenvalue weighted by Gasteiger charge is 2.23. The second-order valence-corrected chi connectivity index (χ2v) is 8.50. The molecule has 5 rings (SSSR count). The van der Waals surface area contributed by atoms with E-state index >= 15 is 0 Å². The molecule has 176 valence electrons. The number of hydrogen-bond acceptors (Lipinski definition) is 4. The molecule has 7 nitrogen and oxygen atoms in total. The molecule has 0 bridgehead atoms. The van der Waals surface area contributed by atoms with Crippen LogP contribution < -0.4 is 20.1 Å². The molecule has 0 radical (unpaired) electrons. The average Bonchev–Trinajstić information content (AvgIpc) is 3.26. The molecule has 3 N–H and O–H groups in total. The molecule has 0 fully saturated rings. The first-order valence-corrected chi connectivity index (χ1v) is 11.4. The maximum Gasteiger partial charge on any atom is 0.291 e. The minimum atomic E-state index is -0.398. The summed E-state index contributed by atoms with van der Waals surface area (Å²) < 4.78 is 11.1. The van der Waals surface area contributed by atoms with Gasteiger partial charge in [-0.25, -0.2) is 0 Å². The van der Waals surface area contributed by atoms with E-state index in [1.807, 2.05) is 30.5 Å². The second-order valence-electron chi connectivity index (χ2n) is 8.06. The Morgan fingerprint density at radius 3 is 2.86 bits per heavy atom. The molecule has 0 unspecified atom stereocenters. The standard InChI is InChI=1S/C27H22ClN3O4/c1-34-20-6-7-22-21(14-20)18(15-30-22)9-10-29-26(32)17-5-8-24-23(13-17)31-27(33)25(35-24)12-16-3-2-4-19(28)11-16/h2-8,11-15,30H,9-10H2,1H3,(H,29,32)(H,31,33)/b25-12-. The Kier molecular flexibility index (Phi) is 6.16. The summed E-state index contributed by atoms with van der Waals surface area (Å²) in [7, 11) is 1.64. The van der Waals surface area contributed by atoms with Gasteiger partial charge in [0.2, 0.25) is 0 Å². The smallest absolute Gasteiger partial charge is 0.291 e. The minimum Gasteiger partial charge on any atom is -0.497 e. The van der Waals surface area contributed by atoms with Crippen molar-refractivity contribution in [3.63, 3.8) is 0 Å². The molecule has 0 saturated carbocycles. The van der Waals surface area contributed by atoms with Crippen LogP contribution in [0.1, 0.15) is 21.5 Å². The molecular formula is C27H22ClN3O4. The van der Waals surface area contributed by atoms with Crippen LogP contribution in [0, 0.1) is 0 Å². The molecular weight excluding hydrogens is 466 g/mol. The third kappa shape index (κ3) is 4.85. The van der Waals surface area contributed by atoms with Crippen LogP contribution in [0.5, 0.6) is 11.5 Å². The van der Waals surface area contributed by atoms with Crippen molar-refractivity contribution in [1.29, 1.82) is 0 Å². The third-order valence-corrected chi connectivity index (χ3v) is 5.97. The number of hydrogen-bond donors (Lipinski definition) is 3. The topological polar surface area (TPSA) is 92.5 Å². The van der Waals surface area contributed by atoms with Crippen molar-refractivity contribution in [2.75, 3.05) is 19.0 Å². The Morgan fingerprint density at radius 2 is 2.03 bits per heavy atom. The molecule has 0 saturated heterocycles. The number of methoxy groups -OCH3 is 1.